The molecule has 1 N–H and O–H groups in total. The number of fused-ring (bicyclic) bond motifs is 1. The molecule has 158 valence electrons. The van der Waals surface area contributed by atoms with Crippen LogP contribution in [0.3, 0.4) is 0 Å². The zero-order chi connectivity index (χ0) is 21.8. The third-order valence-corrected chi connectivity index (χ3v) is 6.10. The molecule has 0 bridgehead atoms. The van der Waals surface area contributed by atoms with Gasteiger partial charge in [-0.25, -0.2) is 10.4 Å². The summed E-state index contributed by atoms with van der Waals surface area (Å²) in [4.78, 5) is 4.61. The van der Waals surface area contributed by atoms with E-state index in [0.29, 0.717) is 17.6 Å². The number of imidazole rings is 1. The number of hydrazone groups is 1. The van der Waals surface area contributed by atoms with Crippen molar-refractivity contribution in [3.8, 4) is 5.75 Å². The van der Waals surface area contributed by atoms with E-state index >= 15 is 0 Å². The fraction of sp³-hybridized carbons (Fsp3) is 0.130. The van der Waals surface area contributed by atoms with Crippen molar-refractivity contribution >= 4 is 66.7 Å². The molecule has 0 aliphatic rings. The molecular formula is C23H19Br2ClN4O. The molecule has 31 heavy (non-hydrogen) atoms. The number of ether oxygens (including phenoxy) is 1. The van der Waals surface area contributed by atoms with Gasteiger partial charge in [0, 0.05) is 11.6 Å². The Morgan fingerprint density at radius 2 is 1.81 bits per heavy atom. The first kappa shape index (κ1) is 21.9. The quantitative estimate of drug-likeness (QED) is 0.191. The normalized spacial score (nSPS) is 11.4. The third kappa shape index (κ3) is 5.11. The first-order chi connectivity index (χ1) is 15.0. The highest BCUT2D eigenvalue weighted by Crippen LogP contribution is 2.35. The van der Waals surface area contributed by atoms with Crippen LogP contribution in [-0.4, -0.2) is 15.8 Å². The minimum Gasteiger partial charge on any atom is -0.487 e. The number of nitrogens with zero attached hydrogens (tertiary/aromatic N) is 3. The molecule has 0 unspecified atom stereocenters. The molecule has 0 radical (unpaired) electrons. The van der Waals surface area contributed by atoms with E-state index < -0.39 is 0 Å². The van der Waals surface area contributed by atoms with Crippen LogP contribution in [0.2, 0.25) is 5.02 Å². The second-order valence-corrected chi connectivity index (χ2v) is 8.91. The zero-order valence-electron chi connectivity index (χ0n) is 16.6. The summed E-state index contributed by atoms with van der Waals surface area (Å²) in [5, 5.41) is 5.08. The van der Waals surface area contributed by atoms with Crippen molar-refractivity contribution in [2.45, 2.75) is 20.1 Å². The molecule has 1 heterocycles. The first-order valence-electron chi connectivity index (χ1n) is 9.65. The molecule has 4 rings (SSSR count). The summed E-state index contributed by atoms with van der Waals surface area (Å²) in [6, 6.07) is 19.5. The van der Waals surface area contributed by atoms with E-state index in [9.17, 15) is 0 Å². The van der Waals surface area contributed by atoms with Crippen molar-refractivity contribution in [3.63, 3.8) is 0 Å². The van der Waals surface area contributed by atoms with Crippen molar-refractivity contribution in [3.05, 3.63) is 85.8 Å². The maximum Gasteiger partial charge on any atom is 0.224 e. The lowest BCUT2D eigenvalue weighted by Gasteiger charge is -2.11. The van der Waals surface area contributed by atoms with Crippen LogP contribution in [0.25, 0.3) is 11.0 Å². The maximum atomic E-state index is 5.98. The average Bonchev–Trinajstić information content (AvgIpc) is 3.12. The van der Waals surface area contributed by atoms with Crippen LogP contribution in [0.4, 0.5) is 5.95 Å². The number of para-hydroxylation sites is 2. The van der Waals surface area contributed by atoms with E-state index in [0.717, 1.165) is 43.4 Å². The molecule has 8 heteroatoms. The summed E-state index contributed by atoms with van der Waals surface area (Å²) in [5.74, 6) is 1.44. The third-order valence-electron chi connectivity index (χ3n) is 4.67. The maximum absolute atomic E-state index is 5.98. The SMILES string of the molecule is CCn1c(N/N=C\c2cc(Br)c(OCc3ccc(Cl)cc3)c(Br)c2)nc2ccccc21. The van der Waals surface area contributed by atoms with Crippen molar-refractivity contribution in [2.24, 2.45) is 5.10 Å². The number of anilines is 1. The van der Waals surface area contributed by atoms with Gasteiger partial charge in [0.1, 0.15) is 12.4 Å². The molecule has 0 saturated heterocycles. The number of aryl methyl sites for hydroxylation is 1. The molecule has 0 atom stereocenters. The van der Waals surface area contributed by atoms with E-state index in [-0.39, 0.29) is 0 Å². The van der Waals surface area contributed by atoms with E-state index in [1.165, 1.54) is 0 Å². The summed E-state index contributed by atoms with van der Waals surface area (Å²) in [6.07, 6.45) is 1.75. The van der Waals surface area contributed by atoms with E-state index in [4.69, 9.17) is 16.3 Å². The lowest BCUT2D eigenvalue weighted by molar-refractivity contribution is 0.302. The highest BCUT2D eigenvalue weighted by Gasteiger charge is 2.10. The summed E-state index contributed by atoms with van der Waals surface area (Å²) in [7, 11) is 0. The predicted octanol–water partition coefficient (Wildman–Crippen LogP) is 7.26. The van der Waals surface area contributed by atoms with Crippen molar-refractivity contribution in [1.29, 1.82) is 0 Å². The van der Waals surface area contributed by atoms with Gasteiger partial charge in [0.15, 0.2) is 0 Å². The number of aromatic nitrogens is 2. The molecule has 0 aliphatic heterocycles. The number of benzene rings is 3. The largest absolute Gasteiger partial charge is 0.487 e. The van der Waals surface area contributed by atoms with Crippen LogP contribution in [-0.2, 0) is 13.2 Å². The molecule has 3 aromatic carbocycles. The van der Waals surface area contributed by atoms with Gasteiger partial charge in [-0.2, -0.15) is 5.10 Å². The van der Waals surface area contributed by atoms with Gasteiger partial charge in [0.2, 0.25) is 5.95 Å². The van der Waals surface area contributed by atoms with Crippen LogP contribution in [0.5, 0.6) is 5.75 Å². The zero-order valence-corrected chi connectivity index (χ0v) is 20.6. The molecule has 0 fully saturated rings. The van der Waals surface area contributed by atoms with Crippen LogP contribution in [0.1, 0.15) is 18.1 Å². The molecular weight excluding hydrogens is 544 g/mol. The Morgan fingerprint density at radius 3 is 2.52 bits per heavy atom. The van der Waals surface area contributed by atoms with E-state index in [1.807, 2.05) is 54.6 Å². The van der Waals surface area contributed by atoms with Crippen molar-refractivity contribution < 1.29 is 4.74 Å². The van der Waals surface area contributed by atoms with Gasteiger partial charge in [0.25, 0.3) is 0 Å². The minimum atomic E-state index is 0.441. The standard InChI is InChI=1S/C23H19Br2ClN4O/c1-2-30-21-6-4-3-5-20(21)28-23(30)29-27-13-16-11-18(24)22(19(25)12-16)31-14-15-7-9-17(26)10-8-15/h3-13H,2,14H2,1H3,(H,28,29)/b27-13-. The first-order valence-corrected chi connectivity index (χ1v) is 11.6. The summed E-state index contributed by atoms with van der Waals surface area (Å²) in [6.45, 7) is 3.33. The molecule has 1 aromatic heterocycles. The summed E-state index contributed by atoms with van der Waals surface area (Å²) < 4.78 is 9.73. The second-order valence-electron chi connectivity index (χ2n) is 6.77. The van der Waals surface area contributed by atoms with Crippen LogP contribution in [0.15, 0.2) is 74.7 Å². The Hall–Kier alpha value is -2.35. The summed E-state index contributed by atoms with van der Waals surface area (Å²) in [5.41, 5.74) is 7.02. The summed E-state index contributed by atoms with van der Waals surface area (Å²) >= 11 is 13.1. The second kappa shape index (κ2) is 9.85. The fourth-order valence-corrected chi connectivity index (χ4v) is 4.75. The number of hydrogen-bond donors (Lipinski definition) is 1. The smallest absolute Gasteiger partial charge is 0.224 e. The molecule has 0 spiro atoms. The molecule has 0 saturated carbocycles. The van der Waals surface area contributed by atoms with Crippen LogP contribution in [0, 0.1) is 0 Å². The van der Waals surface area contributed by atoms with Gasteiger partial charge in [-0.05, 0) is 86.3 Å². The van der Waals surface area contributed by atoms with Gasteiger partial charge in [-0.1, -0.05) is 35.9 Å². The van der Waals surface area contributed by atoms with Gasteiger partial charge >= 0.3 is 0 Å². The van der Waals surface area contributed by atoms with Gasteiger partial charge < -0.3 is 9.30 Å². The molecule has 4 aromatic rings. The lowest BCUT2D eigenvalue weighted by atomic mass is 10.2. The van der Waals surface area contributed by atoms with Crippen LogP contribution < -0.4 is 10.2 Å². The number of nitrogens with one attached hydrogen (secondary N) is 1. The Bertz CT molecular complexity index is 1220. The van der Waals surface area contributed by atoms with Crippen LogP contribution >= 0.6 is 43.5 Å². The topological polar surface area (TPSA) is 51.4 Å². The number of rotatable bonds is 7. The molecule has 5 nitrogen and oxygen atoms in total. The highest BCUT2D eigenvalue weighted by molar-refractivity contribution is 9.11. The van der Waals surface area contributed by atoms with Gasteiger partial charge in [-0.15, -0.1) is 0 Å². The Morgan fingerprint density at radius 1 is 1.10 bits per heavy atom. The Labute approximate surface area is 202 Å². The fourth-order valence-electron chi connectivity index (χ4n) is 3.17. The molecule has 0 aliphatic carbocycles. The van der Waals surface area contributed by atoms with Crippen molar-refractivity contribution in [2.75, 3.05) is 5.43 Å². The average molecular weight is 563 g/mol. The monoisotopic (exact) mass is 560 g/mol. The number of hydrogen-bond acceptors (Lipinski definition) is 4. The Kier molecular flexibility index (Phi) is 6.95. The Balaban J connectivity index is 1.47. The van der Waals surface area contributed by atoms with Gasteiger partial charge in [0.05, 0.1) is 26.2 Å². The predicted molar refractivity (Wildman–Crippen MR) is 134 cm³/mol. The van der Waals surface area contributed by atoms with E-state index in [1.54, 1.807) is 6.21 Å². The van der Waals surface area contributed by atoms with Gasteiger partial charge in [-0.3, -0.25) is 0 Å². The molecule has 0 amide bonds. The lowest BCUT2D eigenvalue weighted by Crippen LogP contribution is -2.02. The van der Waals surface area contributed by atoms with E-state index in [2.05, 4.69) is 64.9 Å². The highest BCUT2D eigenvalue weighted by atomic mass is 79.9. The number of halogens is 3. The van der Waals surface area contributed by atoms with Crippen molar-refractivity contribution in [1.82, 2.24) is 9.55 Å². The minimum absolute atomic E-state index is 0.441.